The van der Waals surface area contributed by atoms with Crippen LogP contribution in [0.25, 0.3) is 10.9 Å². The highest BCUT2D eigenvalue weighted by atomic mass is 32.2. The van der Waals surface area contributed by atoms with E-state index < -0.39 is 17.6 Å². The maximum Gasteiger partial charge on any atom is 0.416 e. The summed E-state index contributed by atoms with van der Waals surface area (Å²) in [4.78, 5) is 25.6. The van der Waals surface area contributed by atoms with Crippen molar-refractivity contribution >= 4 is 34.5 Å². The van der Waals surface area contributed by atoms with Crippen molar-refractivity contribution in [3.05, 3.63) is 65.9 Å². The molecular weight excluding hydrogens is 479 g/mol. The molecule has 0 spiro atoms. The number of nitrogens with one attached hydrogen (secondary N) is 2. The highest BCUT2D eigenvalue weighted by Gasteiger charge is 2.30. The van der Waals surface area contributed by atoms with Gasteiger partial charge >= 0.3 is 6.18 Å². The predicted octanol–water partition coefficient (Wildman–Crippen LogP) is 4.48. The van der Waals surface area contributed by atoms with Crippen LogP contribution in [0.3, 0.4) is 0 Å². The number of amides is 2. The summed E-state index contributed by atoms with van der Waals surface area (Å²) in [7, 11) is 0. The molecule has 1 aliphatic rings. The van der Waals surface area contributed by atoms with Crippen LogP contribution in [0.4, 0.5) is 13.2 Å². The fourth-order valence-electron chi connectivity index (χ4n) is 3.97. The molecule has 35 heavy (non-hydrogen) atoms. The maximum absolute atomic E-state index is 12.9. The number of rotatable bonds is 9. The Labute approximate surface area is 205 Å². The van der Waals surface area contributed by atoms with Gasteiger partial charge in [0.25, 0.3) is 5.91 Å². The second kappa shape index (κ2) is 11.2. The third kappa shape index (κ3) is 6.58. The molecule has 186 valence electrons. The number of para-hydroxylation sites is 1. The Bertz CT molecular complexity index is 1190. The molecule has 2 amide bonds. The lowest BCUT2D eigenvalue weighted by atomic mass is 10.1. The van der Waals surface area contributed by atoms with Gasteiger partial charge in [-0.15, -0.1) is 11.8 Å². The number of alkyl halides is 3. The van der Waals surface area contributed by atoms with Gasteiger partial charge in [0.2, 0.25) is 5.91 Å². The Kier molecular flexibility index (Phi) is 8.02. The zero-order valence-corrected chi connectivity index (χ0v) is 19.8. The van der Waals surface area contributed by atoms with Gasteiger partial charge < -0.3 is 19.9 Å². The van der Waals surface area contributed by atoms with Crippen LogP contribution in [-0.2, 0) is 22.3 Å². The molecule has 3 aromatic rings. The van der Waals surface area contributed by atoms with Gasteiger partial charge in [-0.3, -0.25) is 9.59 Å². The molecule has 4 rings (SSSR count). The third-order valence-electron chi connectivity index (χ3n) is 5.75. The third-order valence-corrected chi connectivity index (χ3v) is 6.79. The van der Waals surface area contributed by atoms with E-state index in [9.17, 15) is 22.8 Å². The summed E-state index contributed by atoms with van der Waals surface area (Å²) in [5.74, 6) is -0.353. The molecule has 0 radical (unpaired) electrons. The number of thioether (sulfide) groups is 1. The highest BCUT2D eigenvalue weighted by molar-refractivity contribution is 8.00. The van der Waals surface area contributed by atoms with E-state index in [2.05, 4.69) is 10.6 Å². The first-order valence-electron chi connectivity index (χ1n) is 11.4. The minimum atomic E-state index is -4.50. The van der Waals surface area contributed by atoms with Crippen LogP contribution < -0.4 is 10.6 Å². The number of carbonyl (C=O) groups excluding carboxylic acids is 2. The summed E-state index contributed by atoms with van der Waals surface area (Å²) in [5.41, 5.74) is 0.0496. The molecule has 0 aliphatic carbocycles. The summed E-state index contributed by atoms with van der Waals surface area (Å²) in [5, 5.41) is 6.59. The van der Waals surface area contributed by atoms with E-state index in [1.54, 1.807) is 0 Å². The number of aromatic nitrogens is 1. The zero-order chi connectivity index (χ0) is 24.8. The Morgan fingerprint density at radius 1 is 1.11 bits per heavy atom. The summed E-state index contributed by atoms with van der Waals surface area (Å²) in [6.07, 6.45) is -0.494. The van der Waals surface area contributed by atoms with E-state index in [1.165, 1.54) is 23.9 Å². The van der Waals surface area contributed by atoms with Crippen LogP contribution in [0.2, 0.25) is 0 Å². The molecule has 0 unspecified atom stereocenters. The monoisotopic (exact) mass is 505 g/mol. The molecule has 1 fully saturated rings. The lowest BCUT2D eigenvalue weighted by Gasteiger charge is -2.10. The van der Waals surface area contributed by atoms with Gasteiger partial charge in [0.15, 0.2) is 0 Å². The molecule has 0 saturated carbocycles. The number of carbonyl (C=O) groups is 2. The normalized spacial score (nSPS) is 15.9. The molecule has 2 aromatic carbocycles. The van der Waals surface area contributed by atoms with Crippen LogP contribution >= 0.6 is 11.8 Å². The zero-order valence-electron chi connectivity index (χ0n) is 18.9. The van der Waals surface area contributed by atoms with Gasteiger partial charge in [-0.25, -0.2) is 0 Å². The Morgan fingerprint density at radius 2 is 1.94 bits per heavy atom. The van der Waals surface area contributed by atoms with Crippen molar-refractivity contribution in [2.75, 3.05) is 25.4 Å². The van der Waals surface area contributed by atoms with Crippen LogP contribution in [-0.4, -0.2) is 47.9 Å². The molecule has 1 atom stereocenters. The first-order valence-corrected chi connectivity index (χ1v) is 12.3. The van der Waals surface area contributed by atoms with Gasteiger partial charge in [0.1, 0.15) is 0 Å². The van der Waals surface area contributed by atoms with E-state index in [0.717, 1.165) is 47.4 Å². The molecule has 1 saturated heterocycles. The molecule has 6 nitrogen and oxygen atoms in total. The second-order valence-electron chi connectivity index (χ2n) is 8.27. The van der Waals surface area contributed by atoms with Gasteiger partial charge in [-0.05, 0) is 37.1 Å². The van der Waals surface area contributed by atoms with Crippen molar-refractivity contribution in [3.8, 4) is 0 Å². The summed E-state index contributed by atoms with van der Waals surface area (Å²) >= 11 is 1.43. The van der Waals surface area contributed by atoms with Gasteiger partial charge in [0, 0.05) is 53.8 Å². The number of hydrogen-bond acceptors (Lipinski definition) is 4. The fraction of sp³-hybridized carbons (Fsp3) is 0.360. The van der Waals surface area contributed by atoms with Crippen molar-refractivity contribution < 1.29 is 27.5 Å². The minimum absolute atomic E-state index is 0.0394. The largest absolute Gasteiger partial charge is 0.416 e. The molecule has 2 N–H and O–H groups in total. The predicted molar refractivity (Wildman–Crippen MR) is 128 cm³/mol. The number of halogens is 3. The van der Waals surface area contributed by atoms with Crippen molar-refractivity contribution in [1.82, 2.24) is 15.2 Å². The quantitative estimate of drug-likeness (QED) is 0.421. The van der Waals surface area contributed by atoms with Gasteiger partial charge in [-0.1, -0.05) is 24.3 Å². The minimum Gasteiger partial charge on any atom is -0.376 e. The van der Waals surface area contributed by atoms with E-state index in [4.69, 9.17) is 4.74 Å². The van der Waals surface area contributed by atoms with Crippen molar-refractivity contribution in [2.24, 2.45) is 0 Å². The number of ether oxygens (including phenoxy) is 1. The summed E-state index contributed by atoms with van der Waals surface area (Å²) in [6, 6.07) is 12.1. The topological polar surface area (TPSA) is 72.4 Å². The summed E-state index contributed by atoms with van der Waals surface area (Å²) < 4.78 is 46.2. The molecule has 0 bridgehead atoms. The molecular formula is C25H26F3N3O3S. The second-order valence-corrected chi connectivity index (χ2v) is 9.28. The molecule has 10 heteroatoms. The Balaban J connectivity index is 1.34. The molecule has 1 aromatic heterocycles. The lowest BCUT2D eigenvalue weighted by molar-refractivity contribution is -0.137. The molecule has 1 aliphatic heterocycles. The summed E-state index contributed by atoms with van der Waals surface area (Å²) in [6.45, 7) is 1.93. The van der Waals surface area contributed by atoms with Gasteiger partial charge in [0.05, 0.1) is 17.4 Å². The maximum atomic E-state index is 12.9. The van der Waals surface area contributed by atoms with Crippen molar-refractivity contribution in [1.29, 1.82) is 0 Å². The highest BCUT2D eigenvalue weighted by Crippen LogP contribution is 2.30. The van der Waals surface area contributed by atoms with E-state index in [-0.39, 0.29) is 29.9 Å². The SMILES string of the molecule is O=C(CSc1cn(CCNC(=O)c2cccc(C(F)(F)F)c2)c2ccccc12)NC[C@H]1CCCO1. The number of nitrogens with zero attached hydrogens (tertiary/aromatic N) is 1. The smallest absolute Gasteiger partial charge is 0.376 e. The van der Waals surface area contributed by atoms with E-state index in [0.29, 0.717) is 13.1 Å². The molecule has 2 heterocycles. The van der Waals surface area contributed by atoms with Crippen LogP contribution in [0, 0.1) is 0 Å². The standard InChI is InChI=1S/C25H26F3N3O3S/c26-25(27,28)18-6-3-5-17(13-18)24(33)29-10-11-31-15-22(20-8-1-2-9-21(20)31)35-16-23(32)30-14-19-7-4-12-34-19/h1-3,5-6,8-9,13,15,19H,4,7,10-12,14,16H2,(H,29,33)(H,30,32)/t19-/m1/s1. The van der Waals surface area contributed by atoms with Gasteiger partial charge in [-0.2, -0.15) is 13.2 Å². The number of hydrogen-bond donors (Lipinski definition) is 2. The van der Waals surface area contributed by atoms with Crippen LogP contribution in [0.5, 0.6) is 0 Å². The van der Waals surface area contributed by atoms with E-state index >= 15 is 0 Å². The van der Waals surface area contributed by atoms with Crippen LogP contribution in [0.1, 0.15) is 28.8 Å². The first-order chi connectivity index (χ1) is 16.8. The Morgan fingerprint density at radius 3 is 2.71 bits per heavy atom. The number of benzene rings is 2. The number of fused-ring (bicyclic) bond motifs is 1. The lowest BCUT2D eigenvalue weighted by Crippen LogP contribution is -2.32. The average Bonchev–Trinajstić information content (AvgIpc) is 3.49. The first kappa shape index (κ1) is 25.1. The van der Waals surface area contributed by atoms with Crippen molar-refractivity contribution in [2.45, 2.75) is 36.6 Å². The fourth-order valence-corrected chi connectivity index (χ4v) is 4.89. The average molecular weight is 506 g/mol. The Hall–Kier alpha value is -2.98. The van der Waals surface area contributed by atoms with Crippen LogP contribution in [0.15, 0.2) is 59.6 Å². The van der Waals surface area contributed by atoms with Crippen molar-refractivity contribution in [3.63, 3.8) is 0 Å². The van der Waals surface area contributed by atoms with E-state index in [1.807, 2.05) is 35.0 Å².